The Bertz CT molecular complexity index is 1180. The average Bonchev–Trinajstić information content (AvgIpc) is 3.31. The Morgan fingerprint density at radius 2 is 1.73 bits per heavy atom. The summed E-state index contributed by atoms with van der Waals surface area (Å²) < 4.78 is 5.86. The van der Waals surface area contributed by atoms with Gasteiger partial charge in [-0.15, -0.1) is 0 Å². The van der Waals surface area contributed by atoms with Crippen LogP contribution in [0.25, 0.3) is 11.3 Å². The normalized spacial score (nSPS) is 13.8. The van der Waals surface area contributed by atoms with Crippen LogP contribution in [0, 0.1) is 13.8 Å². The molecule has 6 nitrogen and oxygen atoms in total. The number of halogens is 1. The summed E-state index contributed by atoms with van der Waals surface area (Å²) in [6.45, 7) is 8.67. The van der Waals surface area contributed by atoms with Gasteiger partial charge in [-0.2, -0.15) is 0 Å². The van der Waals surface area contributed by atoms with Crippen molar-refractivity contribution in [3.8, 4) is 11.3 Å². The van der Waals surface area contributed by atoms with E-state index in [1.54, 1.807) is 18.2 Å². The zero-order valence-corrected chi connectivity index (χ0v) is 19.9. The van der Waals surface area contributed by atoms with E-state index < -0.39 is 0 Å². The molecule has 2 heterocycles. The highest BCUT2D eigenvalue weighted by molar-refractivity contribution is 6.31. The van der Waals surface area contributed by atoms with Crippen molar-refractivity contribution in [2.24, 2.45) is 0 Å². The summed E-state index contributed by atoms with van der Waals surface area (Å²) in [6, 6.07) is 15.0. The second kappa shape index (κ2) is 9.71. The third-order valence-corrected chi connectivity index (χ3v) is 6.34. The monoisotopic (exact) mass is 465 g/mol. The first kappa shape index (κ1) is 22.9. The number of anilines is 2. The first-order valence-corrected chi connectivity index (χ1v) is 11.5. The number of nitrogens with one attached hydrogen (secondary N) is 1. The van der Waals surface area contributed by atoms with E-state index in [-0.39, 0.29) is 17.6 Å². The molecular formula is C26H28ClN3O3. The Morgan fingerprint density at radius 3 is 2.42 bits per heavy atom. The van der Waals surface area contributed by atoms with Crippen LogP contribution in [-0.2, 0) is 4.79 Å². The van der Waals surface area contributed by atoms with Crippen LogP contribution in [0.2, 0.25) is 5.02 Å². The maximum Gasteiger partial charge on any atom is 0.291 e. The fourth-order valence-corrected chi connectivity index (χ4v) is 4.17. The lowest BCUT2D eigenvalue weighted by Gasteiger charge is -2.37. The third kappa shape index (κ3) is 5.06. The van der Waals surface area contributed by atoms with Crippen molar-refractivity contribution in [2.75, 3.05) is 36.4 Å². The smallest absolute Gasteiger partial charge is 0.291 e. The minimum atomic E-state index is -0.339. The molecular weight excluding hydrogens is 438 g/mol. The van der Waals surface area contributed by atoms with E-state index in [0.29, 0.717) is 49.1 Å². The van der Waals surface area contributed by atoms with Crippen LogP contribution in [0.3, 0.4) is 0 Å². The van der Waals surface area contributed by atoms with Crippen LogP contribution in [-0.4, -0.2) is 42.9 Å². The molecule has 1 saturated heterocycles. The molecule has 0 atom stereocenters. The number of hydrogen-bond donors (Lipinski definition) is 1. The number of aryl methyl sites for hydroxylation is 2. The second-order valence-corrected chi connectivity index (χ2v) is 8.74. The fourth-order valence-electron chi connectivity index (χ4n) is 4.00. The maximum absolute atomic E-state index is 13.0. The van der Waals surface area contributed by atoms with Crippen LogP contribution in [0.4, 0.5) is 11.4 Å². The molecule has 2 amide bonds. The molecule has 0 unspecified atom stereocenters. The predicted molar refractivity (Wildman–Crippen MR) is 132 cm³/mol. The molecule has 172 valence electrons. The number of hydrogen-bond acceptors (Lipinski definition) is 4. The largest absolute Gasteiger partial charge is 0.451 e. The molecule has 0 radical (unpaired) electrons. The molecule has 0 spiro atoms. The molecule has 33 heavy (non-hydrogen) atoms. The second-order valence-electron chi connectivity index (χ2n) is 8.30. The van der Waals surface area contributed by atoms with Gasteiger partial charge in [-0.1, -0.05) is 30.7 Å². The van der Waals surface area contributed by atoms with E-state index >= 15 is 0 Å². The van der Waals surface area contributed by atoms with Gasteiger partial charge in [-0.05, 0) is 61.4 Å². The van der Waals surface area contributed by atoms with Gasteiger partial charge in [0, 0.05) is 43.2 Å². The average molecular weight is 466 g/mol. The molecule has 1 N–H and O–H groups in total. The summed E-state index contributed by atoms with van der Waals surface area (Å²) >= 11 is 6.23. The number of furan rings is 1. The number of piperazine rings is 1. The molecule has 3 aromatic rings. The van der Waals surface area contributed by atoms with Crippen LogP contribution >= 0.6 is 11.6 Å². The van der Waals surface area contributed by atoms with E-state index in [9.17, 15) is 9.59 Å². The van der Waals surface area contributed by atoms with Gasteiger partial charge < -0.3 is 19.5 Å². The standard InChI is InChI=1S/C26H28ClN3O3/c1-4-25(31)30-13-11-29(12-14-30)22-8-7-20(27)16-21(22)28-26(32)24-10-9-23(33-24)19-6-5-17(2)18(3)15-19/h5-10,15-16H,4,11-14H2,1-3H3,(H,28,32). The highest BCUT2D eigenvalue weighted by Gasteiger charge is 2.23. The fraction of sp³-hybridized carbons (Fsp3) is 0.308. The first-order chi connectivity index (χ1) is 15.9. The van der Waals surface area contributed by atoms with Gasteiger partial charge >= 0.3 is 0 Å². The zero-order chi connectivity index (χ0) is 23.5. The zero-order valence-electron chi connectivity index (χ0n) is 19.2. The lowest BCUT2D eigenvalue weighted by Crippen LogP contribution is -2.48. The van der Waals surface area contributed by atoms with Gasteiger partial charge in [0.15, 0.2) is 5.76 Å². The Kier molecular flexibility index (Phi) is 6.75. The quantitative estimate of drug-likeness (QED) is 0.538. The SMILES string of the molecule is CCC(=O)N1CCN(c2ccc(Cl)cc2NC(=O)c2ccc(-c3ccc(C)c(C)c3)o2)CC1. The topological polar surface area (TPSA) is 65.8 Å². The summed E-state index contributed by atoms with van der Waals surface area (Å²) in [5.74, 6) is 0.698. The maximum atomic E-state index is 13.0. The number of benzene rings is 2. The van der Waals surface area contributed by atoms with Gasteiger partial charge in [0.2, 0.25) is 5.91 Å². The third-order valence-electron chi connectivity index (χ3n) is 6.10. The van der Waals surface area contributed by atoms with Crippen molar-refractivity contribution in [1.29, 1.82) is 0 Å². The Morgan fingerprint density at radius 1 is 0.970 bits per heavy atom. The number of carbonyl (C=O) groups excluding carboxylic acids is 2. The lowest BCUT2D eigenvalue weighted by atomic mass is 10.1. The summed E-state index contributed by atoms with van der Waals surface area (Å²) in [4.78, 5) is 29.0. The van der Waals surface area contributed by atoms with E-state index in [4.69, 9.17) is 16.0 Å². The van der Waals surface area contributed by atoms with Gasteiger partial charge in [0.1, 0.15) is 5.76 Å². The van der Waals surface area contributed by atoms with Gasteiger partial charge in [0.25, 0.3) is 5.91 Å². The van der Waals surface area contributed by atoms with Crippen molar-refractivity contribution in [3.05, 3.63) is 70.4 Å². The molecule has 7 heteroatoms. The summed E-state index contributed by atoms with van der Waals surface area (Å²) in [7, 11) is 0. The van der Waals surface area contributed by atoms with Crippen molar-refractivity contribution >= 4 is 34.8 Å². The van der Waals surface area contributed by atoms with Crippen molar-refractivity contribution in [3.63, 3.8) is 0 Å². The molecule has 2 aromatic carbocycles. The number of carbonyl (C=O) groups is 2. The number of amides is 2. The molecule has 1 aliphatic rings. The van der Waals surface area contributed by atoms with Gasteiger partial charge in [0.05, 0.1) is 11.4 Å². The molecule has 0 bridgehead atoms. The summed E-state index contributed by atoms with van der Waals surface area (Å²) in [5.41, 5.74) is 4.79. The Hall–Kier alpha value is -3.25. The Labute approximate surface area is 199 Å². The van der Waals surface area contributed by atoms with Crippen molar-refractivity contribution in [1.82, 2.24) is 4.90 Å². The van der Waals surface area contributed by atoms with Crippen LogP contribution in [0.1, 0.15) is 35.0 Å². The minimum Gasteiger partial charge on any atom is -0.451 e. The van der Waals surface area contributed by atoms with Crippen molar-refractivity contribution in [2.45, 2.75) is 27.2 Å². The van der Waals surface area contributed by atoms with Crippen LogP contribution < -0.4 is 10.2 Å². The molecule has 1 fully saturated rings. The first-order valence-electron chi connectivity index (χ1n) is 11.2. The lowest BCUT2D eigenvalue weighted by molar-refractivity contribution is -0.131. The molecule has 1 aromatic heterocycles. The molecule has 0 saturated carbocycles. The molecule has 0 aliphatic carbocycles. The minimum absolute atomic E-state index is 0.164. The predicted octanol–water partition coefficient (Wildman–Crippen LogP) is 5.53. The van der Waals surface area contributed by atoms with Crippen LogP contribution in [0.15, 0.2) is 52.9 Å². The van der Waals surface area contributed by atoms with Crippen LogP contribution in [0.5, 0.6) is 0 Å². The summed E-state index contributed by atoms with van der Waals surface area (Å²) in [6.07, 6.45) is 0.509. The summed E-state index contributed by atoms with van der Waals surface area (Å²) in [5, 5.41) is 3.49. The van der Waals surface area contributed by atoms with E-state index in [2.05, 4.69) is 17.1 Å². The molecule has 1 aliphatic heterocycles. The number of nitrogens with zero attached hydrogens (tertiary/aromatic N) is 2. The Balaban J connectivity index is 1.51. The van der Waals surface area contributed by atoms with Gasteiger partial charge in [-0.25, -0.2) is 0 Å². The highest BCUT2D eigenvalue weighted by Crippen LogP contribution is 2.31. The van der Waals surface area contributed by atoms with E-state index in [1.165, 1.54) is 11.1 Å². The highest BCUT2D eigenvalue weighted by atomic mass is 35.5. The van der Waals surface area contributed by atoms with Gasteiger partial charge in [-0.3, -0.25) is 9.59 Å². The number of rotatable bonds is 5. The van der Waals surface area contributed by atoms with Crippen molar-refractivity contribution < 1.29 is 14.0 Å². The van der Waals surface area contributed by atoms with E-state index in [0.717, 1.165) is 11.3 Å². The van der Waals surface area contributed by atoms with E-state index in [1.807, 2.05) is 49.1 Å². The molecule has 4 rings (SSSR count).